The molecule has 1 atom stereocenters. The summed E-state index contributed by atoms with van der Waals surface area (Å²) in [6.07, 6.45) is 10.5. The summed E-state index contributed by atoms with van der Waals surface area (Å²) in [6.45, 7) is 3.70. The standard InChI is InChI=1S/C18H27N3O2/c1-2-4-16-15(10-19-13-20-16)17(23)21-8-3-7-18(11-21,12-22)9-14-5-6-14/h10,13-14,22H,2-9,11-12H2,1H3/t18-/m0/s1. The molecular weight excluding hydrogens is 290 g/mol. The molecule has 1 aromatic rings. The van der Waals surface area contributed by atoms with E-state index in [0.717, 1.165) is 50.3 Å². The van der Waals surface area contributed by atoms with Gasteiger partial charge >= 0.3 is 0 Å². The molecule has 0 spiro atoms. The third-order valence-electron chi connectivity index (χ3n) is 5.21. The molecule has 1 aliphatic heterocycles. The smallest absolute Gasteiger partial charge is 0.257 e. The van der Waals surface area contributed by atoms with Crippen LogP contribution in [0.25, 0.3) is 0 Å². The Morgan fingerprint density at radius 1 is 1.48 bits per heavy atom. The molecule has 1 N–H and O–H groups in total. The van der Waals surface area contributed by atoms with Crippen LogP contribution in [0.1, 0.15) is 61.5 Å². The number of amides is 1. The normalized spacial score (nSPS) is 24.7. The van der Waals surface area contributed by atoms with Crippen molar-refractivity contribution in [3.05, 3.63) is 23.8 Å². The number of likely N-dealkylation sites (tertiary alicyclic amines) is 1. The second-order valence-electron chi connectivity index (χ2n) is 7.27. The van der Waals surface area contributed by atoms with Crippen molar-refractivity contribution in [2.75, 3.05) is 19.7 Å². The van der Waals surface area contributed by atoms with E-state index < -0.39 is 0 Å². The van der Waals surface area contributed by atoms with E-state index in [1.807, 2.05) is 4.90 Å². The number of rotatable bonds is 6. The van der Waals surface area contributed by atoms with Crippen molar-refractivity contribution in [1.29, 1.82) is 0 Å². The topological polar surface area (TPSA) is 66.3 Å². The third-order valence-corrected chi connectivity index (χ3v) is 5.21. The van der Waals surface area contributed by atoms with Crippen molar-refractivity contribution in [1.82, 2.24) is 14.9 Å². The van der Waals surface area contributed by atoms with E-state index in [-0.39, 0.29) is 17.9 Å². The molecule has 1 saturated carbocycles. The van der Waals surface area contributed by atoms with Crippen molar-refractivity contribution in [3.63, 3.8) is 0 Å². The number of hydrogen-bond donors (Lipinski definition) is 1. The zero-order valence-electron chi connectivity index (χ0n) is 14.0. The number of aliphatic hydroxyl groups excluding tert-OH is 1. The van der Waals surface area contributed by atoms with Gasteiger partial charge < -0.3 is 10.0 Å². The van der Waals surface area contributed by atoms with Gasteiger partial charge in [-0.2, -0.15) is 0 Å². The minimum atomic E-state index is -0.102. The Kier molecular flexibility index (Phi) is 4.95. The van der Waals surface area contributed by atoms with Gasteiger partial charge in [-0.05, 0) is 31.6 Å². The van der Waals surface area contributed by atoms with Crippen molar-refractivity contribution in [2.45, 2.75) is 51.9 Å². The molecule has 5 nitrogen and oxygen atoms in total. The van der Waals surface area contributed by atoms with Gasteiger partial charge in [-0.1, -0.05) is 26.2 Å². The largest absolute Gasteiger partial charge is 0.396 e. The summed E-state index contributed by atoms with van der Waals surface area (Å²) in [4.78, 5) is 23.2. The summed E-state index contributed by atoms with van der Waals surface area (Å²) in [5.74, 6) is 0.787. The maximum atomic E-state index is 13.0. The fraction of sp³-hybridized carbons (Fsp3) is 0.722. The van der Waals surface area contributed by atoms with Gasteiger partial charge in [-0.3, -0.25) is 4.79 Å². The Hall–Kier alpha value is -1.49. The third kappa shape index (κ3) is 3.71. The summed E-state index contributed by atoms with van der Waals surface area (Å²) in [6, 6.07) is 0. The molecule has 1 saturated heterocycles. The fourth-order valence-corrected chi connectivity index (χ4v) is 3.82. The zero-order valence-corrected chi connectivity index (χ0v) is 14.0. The van der Waals surface area contributed by atoms with Crippen LogP contribution in [0, 0.1) is 11.3 Å². The Morgan fingerprint density at radius 3 is 3.00 bits per heavy atom. The highest BCUT2D eigenvalue weighted by Gasteiger charge is 2.41. The van der Waals surface area contributed by atoms with E-state index in [0.29, 0.717) is 12.1 Å². The van der Waals surface area contributed by atoms with Gasteiger partial charge in [0.1, 0.15) is 6.33 Å². The maximum Gasteiger partial charge on any atom is 0.257 e. The Bertz CT molecular complexity index is 559. The van der Waals surface area contributed by atoms with Gasteiger partial charge in [-0.25, -0.2) is 9.97 Å². The number of aryl methyl sites for hydroxylation is 1. The van der Waals surface area contributed by atoms with E-state index in [4.69, 9.17) is 0 Å². The van der Waals surface area contributed by atoms with Crippen molar-refractivity contribution in [2.24, 2.45) is 11.3 Å². The van der Waals surface area contributed by atoms with Crippen LogP contribution in [0.15, 0.2) is 12.5 Å². The van der Waals surface area contributed by atoms with E-state index in [9.17, 15) is 9.90 Å². The number of hydrogen-bond acceptors (Lipinski definition) is 4. The summed E-state index contributed by atoms with van der Waals surface area (Å²) in [7, 11) is 0. The number of carbonyl (C=O) groups is 1. The second-order valence-corrected chi connectivity index (χ2v) is 7.27. The lowest BCUT2D eigenvalue weighted by molar-refractivity contribution is 0.0195. The van der Waals surface area contributed by atoms with Gasteiger partial charge in [-0.15, -0.1) is 0 Å². The minimum Gasteiger partial charge on any atom is -0.396 e. The van der Waals surface area contributed by atoms with Crippen LogP contribution in [-0.4, -0.2) is 45.6 Å². The quantitative estimate of drug-likeness (QED) is 0.875. The molecule has 1 aromatic heterocycles. The lowest BCUT2D eigenvalue weighted by atomic mass is 9.76. The molecular formula is C18H27N3O2. The van der Waals surface area contributed by atoms with Crippen LogP contribution in [0.5, 0.6) is 0 Å². The van der Waals surface area contributed by atoms with Gasteiger partial charge in [0.05, 0.1) is 17.9 Å². The van der Waals surface area contributed by atoms with Gasteiger partial charge in [0.15, 0.2) is 0 Å². The summed E-state index contributed by atoms with van der Waals surface area (Å²) in [5, 5.41) is 9.96. The average Bonchev–Trinajstić information content (AvgIpc) is 3.39. The Balaban J connectivity index is 1.76. The molecule has 2 fully saturated rings. The molecule has 0 bridgehead atoms. The molecule has 3 rings (SSSR count). The first-order valence-electron chi connectivity index (χ1n) is 8.86. The number of carbonyl (C=O) groups excluding carboxylic acids is 1. The van der Waals surface area contributed by atoms with E-state index in [1.54, 1.807) is 6.20 Å². The average molecular weight is 317 g/mol. The van der Waals surface area contributed by atoms with Crippen LogP contribution >= 0.6 is 0 Å². The highest BCUT2D eigenvalue weighted by Crippen LogP contribution is 2.44. The van der Waals surface area contributed by atoms with Crippen molar-refractivity contribution < 1.29 is 9.90 Å². The molecule has 0 unspecified atom stereocenters. The van der Waals surface area contributed by atoms with Gasteiger partial charge in [0.2, 0.25) is 0 Å². The fourth-order valence-electron chi connectivity index (χ4n) is 3.82. The lowest BCUT2D eigenvalue weighted by Gasteiger charge is -2.42. The Labute approximate surface area is 138 Å². The first-order valence-corrected chi connectivity index (χ1v) is 8.86. The summed E-state index contributed by atoms with van der Waals surface area (Å²) < 4.78 is 0. The number of nitrogens with zero attached hydrogens (tertiary/aromatic N) is 3. The van der Waals surface area contributed by atoms with Crippen LogP contribution < -0.4 is 0 Å². The molecule has 1 aliphatic carbocycles. The van der Waals surface area contributed by atoms with E-state index in [1.165, 1.54) is 19.2 Å². The predicted molar refractivity (Wildman–Crippen MR) is 88.0 cm³/mol. The highest BCUT2D eigenvalue weighted by atomic mass is 16.3. The van der Waals surface area contributed by atoms with Crippen molar-refractivity contribution >= 4 is 5.91 Å². The van der Waals surface area contributed by atoms with Crippen LogP contribution in [0.2, 0.25) is 0 Å². The highest BCUT2D eigenvalue weighted by molar-refractivity contribution is 5.95. The van der Waals surface area contributed by atoms with Gasteiger partial charge in [0, 0.05) is 24.7 Å². The first-order chi connectivity index (χ1) is 11.2. The maximum absolute atomic E-state index is 13.0. The van der Waals surface area contributed by atoms with E-state index >= 15 is 0 Å². The molecule has 23 heavy (non-hydrogen) atoms. The number of piperidine rings is 1. The molecule has 5 heteroatoms. The van der Waals surface area contributed by atoms with Crippen LogP contribution in [0.3, 0.4) is 0 Å². The summed E-state index contributed by atoms with van der Waals surface area (Å²) >= 11 is 0. The number of aliphatic hydroxyl groups is 1. The second kappa shape index (κ2) is 6.95. The molecule has 2 heterocycles. The van der Waals surface area contributed by atoms with Crippen molar-refractivity contribution in [3.8, 4) is 0 Å². The SMILES string of the molecule is CCCc1ncncc1C(=O)N1CCC[C@](CO)(CC2CC2)C1. The molecule has 0 radical (unpaired) electrons. The number of aromatic nitrogens is 2. The molecule has 126 valence electrons. The first kappa shape index (κ1) is 16.4. The molecule has 0 aromatic carbocycles. The van der Waals surface area contributed by atoms with E-state index in [2.05, 4.69) is 16.9 Å². The summed E-state index contributed by atoms with van der Waals surface area (Å²) in [5.41, 5.74) is 1.37. The molecule has 1 amide bonds. The van der Waals surface area contributed by atoms with Crippen LogP contribution in [-0.2, 0) is 6.42 Å². The Morgan fingerprint density at radius 2 is 2.30 bits per heavy atom. The van der Waals surface area contributed by atoms with Crippen LogP contribution in [0.4, 0.5) is 0 Å². The van der Waals surface area contributed by atoms with Gasteiger partial charge in [0.25, 0.3) is 5.91 Å². The zero-order chi connectivity index (χ0) is 16.3. The predicted octanol–water partition coefficient (Wildman–Crippen LogP) is 2.44. The lowest BCUT2D eigenvalue weighted by Crippen LogP contribution is -2.48. The monoisotopic (exact) mass is 317 g/mol. The minimum absolute atomic E-state index is 0.0300. The molecule has 2 aliphatic rings.